The highest BCUT2D eigenvalue weighted by Gasteiger charge is 2.27. The number of hydrogen-bond donors (Lipinski definition) is 1. The van der Waals surface area contributed by atoms with E-state index in [0.29, 0.717) is 0 Å². The second-order valence-electron chi connectivity index (χ2n) is 6.89. The molecule has 0 heterocycles. The topological polar surface area (TPSA) is 29.1 Å². The van der Waals surface area contributed by atoms with Gasteiger partial charge in [-0.25, -0.2) is 0 Å². The van der Waals surface area contributed by atoms with E-state index >= 15 is 0 Å². The van der Waals surface area contributed by atoms with Crippen LogP contribution in [-0.2, 0) is 0 Å². The van der Waals surface area contributed by atoms with Gasteiger partial charge in [-0.15, -0.1) is 0 Å². The van der Waals surface area contributed by atoms with E-state index in [2.05, 4.69) is 39.9 Å². The van der Waals surface area contributed by atoms with Gasteiger partial charge in [0.1, 0.15) is 0 Å². The molecule has 1 rings (SSSR count). The van der Waals surface area contributed by atoms with Gasteiger partial charge in [-0.3, -0.25) is 4.79 Å². The highest BCUT2D eigenvalue weighted by molar-refractivity contribution is 5.96. The summed E-state index contributed by atoms with van der Waals surface area (Å²) in [6.45, 7) is 12.7. The Kier molecular flexibility index (Phi) is 4.20. The quantitative estimate of drug-likeness (QED) is 0.861. The second kappa shape index (κ2) is 5.13. The molecule has 1 aromatic carbocycles. The van der Waals surface area contributed by atoms with Crippen molar-refractivity contribution in [3.8, 4) is 0 Å². The van der Waals surface area contributed by atoms with E-state index in [0.717, 1.165) is 17.5 Å². The van der Waals surface area contributed by atoms with Crippen molar-refractivity contribution in [2.45, 2.75) is 53.5 Å². The maximum absolute atomic E-state index is 12.3. The van der Waals surface area contributed by atoms with Gasteiger partial charge in [-0.2, -0.15) is 0 Å². The molecule has 0 saturated carbocycles. The summed E-state index contributed by atoms with van der Waals surface area (Å²) in [5.74, 6) is 0.0161. The number of hydrogen-bond acceptors (Lipinski definition) is 1. The van der Waals surface area contributed by atoms with Crippen LogP contribution in [0.15, 0.2) is 24.3 Å². The van der Waals surface area contributed by atoms with Crippen LogP contribution in [0.25, 0.3) is 0 Å². The van der Waals surface area contributed by atoms with E-state index < -0.39 is 0 Å². The number of nitrogens with one attached hydrogen (secondary N) is 1. The smallest absolute Gasteiger partial charge is 0.251 e. The van der Waals surface area contributed by atoms with Crippen molar-refractivity contribution >= 4 is 5.91 Å². The van der Waals surface area contributed by atoms with E-state index in [1.165, 1.54) is 0 Å². The van der Waals surface area contributed by atoms with Gasteiger partial charge in [0.05, 0.1) is 0 Å². The maximum Gasteiger partial charge on any atom is 0.251 e. The van der Waals surface area contributed by atoms with Crippen LogP contribution in [0.2, 0.25) is 0 Å². The Labute approximate surface area is 111 Å². The first kappa shape index (κ1) is 14.7. The summed E-state index contributed by atoms with van der Waals surface area (Å²) in [6.07, 6.45) is 0.942. The third kappa shape index (κ3) is 4.52. The second-order valence-corrected chi connectivity index (χ2v) is 6.89. The molecule has 1 amide bonds. The molecule has 0 fully saturated rings. The summed E-state index contributed by atoms with van der Waals surface area (Å²) in [4.78, 5) is 12.3. The fourth-order valence-corrected chi connectivity index (χ4v) is 2.57. The number of carbonyl (C=O) groups excluding carboxylic acids is 1. The summed E-state index contributed by atoms with van der Waals surface area (Å²) in [5, 5.41) is 3.13. The number of benzene rings is 1. The summed E-state index contributed by atoms with van der Waals surface area (Å²) in [6, 6.07) is 7.69. The van der Waals surface area contributed by atoms with E-state index in [-0.39, 0.29) is 16.9 Å². The lowest BCUT2D eigenvalue weighted by Crippen LogP contribution is -2.46. The zero-order valence-corrected chi connectivity index (χ0v) is 12.4. The molecule has 0 bridgehead atoms. The van der Waals surface area contributed by atoms with Crippen molar-refractivity contribution < 1.29 is 4.79 Å². The molecule has 0 aliphatic heterocycles. The molecule has 0 aromatic heterocycles. The lowest BCUT2D eigenvalue weighted by molar-refractivity contribution is 0.0891. The van der Waals surface area contributed by atoms with Crippen molar-refractivity contribution in [2.75, 3.05) is 0 Å². The normalized spacial score (nSPS) is 12.3. The molecule has 100 valence electrons. The Morgan fingerprint density at radius 2 is 1.67 bits per heavy atom. The highest BCUT2D eigenvalue weighted by atomic mass is 16.1. The first-order valence-corrected chi connectivity index (χ1v) is 6.49. The van der Waals surface area contributed by atoms with E-state index in [9.17, 15) is 4.79 Å². The molecule has 1 N–H and O–H groups in total. The van der Waals surface area contributed by atoms with Gasteiger partial charge in [0.15, 0.2) is 0 Å². The summed E-state index contributed by atoms with van der Waals surface area (Å²) >= 11 is 0. The van der Waals surface area contributed by atoms with E-state index in [4.69, 9.17) is 0 Å². The van der Waals surface area contributed by atoms with Crippen LogP contribution in [0.4, 0.5) is 0 Å². The SMILES string of the molecule is Cc1ccccc1C(=O)NC(C)(C)CC(C)(C)C. The van der Waals surface area contributed by atoms with Gasteiger partial charge in [-0.05, 0) is 44.2 Å². The van der Waals surface area contributed by atoms with Crippen LogP contribution >= 0.6 is 0 Å². The van der Waals surface area contributed by atoms with Gasteiger partial charge in [-0.1, -0.05) is 39.0 Å². The zero-order chi connectivity index (χ0) is 14.0. The highest BCUT2D eigenvalue weighted by Crippen LogP contribution is 2.27. The molecule has 0 radical (unpaired) electrons. The molecule has 18 heavy (non-hydrogen) atoms. The first-order valence-electron chi connectivity index (χ1n) is 6.49. The van der Waals surface area contributed by atoms with Gasteiger partial charge in [0.25, 0.3) is 5.91 Å². The number of aryl methyl sites for hydroxylation is 1. The maximum atomic E-state index is 12.3. The minimum absolute atomic E-state index is 0.0161. The average molecular weight is 247 g/mol. The van der Waals surface area contributed by atoms with Crippen molar-refractivity contribution in [3.05, 3.63) is 35.4 Å². The standard InChI is InChI=1S/C16H25NO/c1-12-9-7-8-10-13(12)14(18)17-16(5,6)11-15(2,3)4/h7-10H,11H2,1-6H3,(H,17,18). The third-order valence-corrected chi connectivity index (χ3v) is 2.81. The summed E-state index contributed by atoms with van der Waals surface area (Å²) < 4.78 is 0. The lowest BCUT2D eigenvalue weighted by Gasteiger charge is -2.33. The Bertz CT molecular complexity index is 427. The average Bonchev–Trinajstić information content (AvgIpc) is 2.12. The van der Waals surface area contributed by atoms with Crippen molar-refractivity contribution in [2.24, 2.45) is 5.41 Å². The molecule has 1 aromatic rings. The first-order chi connectivity index (χ1) is 8.11. The van der Waals surface area contributed by atoms with Gasteiger partial charge >= 0.3 is 0 Å². The molecule has 0 spiro atoms. The molecule has 2 heteroatoms. The van der Waals surface area contributed by atoms with Crippen LogP contribution in [0.1, 0.15) is 57.0 Å². The molecular weight excluding hydrogens is 222 g/mol. The van der Waals surface area contributed by atoms with Crippen molar-refractivity contribution in [1.29, 1.82) is 0 Å². The molecule has 0 unspecified atom stereocenters. The summed E-state index contributed by atoms with van der Waals surface area (Å²) in [5.41, 5.74) is 1.78. The van der Waals surface area contributed by atoms with Crippen LogP contribution in [0.3, 0.4) is 0 Å². The molecule has 0 atom stereocenters. The fourth-order valence-electron chi connectivity index (χ4n) is 2.57. The molecule has 0 saturated heterocycles. The minimum atomic E-state index is -0.197. The van der Waals surface area contributed by atoms with Crippen LogP contribution in [0.5, 0.6) is 0 Å². The van der Waals surface area contributed by atoms with E-state index in [1.54, 1.807) is 0 Å². The van der Waals surface area contributed by atoms with Crippen LogP contribution < -0.4 is 5.32 Å². The number of carbonyl (C=O) groups is 1. The minimum Gasteiger partial charge on any atom is -0.347 e. The van der Waals surface area contributed by atoms with Crippen LogP contribution in [-0.4, -0.2) is 11.4 Å². The Balaban J connectivity index is 2.79. The largest absolute Gasteiger partial charge is 0.347 e. The number of amides is 1. The third-order valence-electron chi connectivity index (χ3n) is 2.81. The lowest BCUT2D eigenvalue weighted by atomic mass is 9.81. The predicted octanol–water partition coefficient (Wildman–Crippen LogP) is 3.94. The van der Waals surface area contributed by atoms with Crippen molar-refractivity contribution in [1.82, 2.24) is 5.32 Å². The monoisotopic (exact) mass is 247 g/mol. The Morgan fingerprint density at radius 1 is 1.11 bits per heavy atom. The van der Waals surface area contributed by atoms with Gasteiger partial charge in [0, 0.05) is 11.1 Å². The Hall–Kier alpha value is -1.31. The van der Waals surface area contributed by atoms with Gasteiger partial charge in [0.2, 0.25) is 0 Å². The van der Waals surface area contributed by atoms with E-state index in [1.807, 2.05) is 31.2 Å². The predicted molar refractivity (Wildman–Crippen MR) is 76.8 cm³/mol. The molecule has 2 nitrogen and oxygen atoms in total. The van der Waals surface area contributed by atoms with Crippen molar-refractivity contribution in [3.63, 3.8) is 0 Å². The molecular formula is C16H25NO. The fraction of sp³-hybridized carbons (Fsp3) is 0.562. The molecule has 0 aliphatic carbocycles. The zero-order valence-electron chi connectivity index (χ0n) is 12.4. The van der Waals surface area contributed by atoms with Crippen LogP contribution in [0, 0.1) is 12.3 Å². The summed E-state index contributed by atoms with van der Waals surface area (Å²) in [7, 11) is 0. The number of rotatable bonds is 3. The van der Waals surface area contributed by atoms with Gasteiger partial charge < -0.3 is 5.32 Å². The Morgan fingerprint density at radius 3 is 2.17 bits per heavy atom. The molecule has 0 aliphatic rings.